The monoisotopic (exact) mass is 438 g/mol. The third-order valence-corrected chi connectivity index (χ3v) is 6.75. The predicted octanol–water partition coefficient (Wildman–Crippen LogP) is 3.58. The second-order valence-electron chi connectivity index (χ2n) is 6.97. The molecule has 0 radical (unpaired) electrons. The van der Waals surface area contributed by atoms with Gasteiger partial charge in [-0.15, -0.1) is 0 Å². The number of rotatable bonds is 7. The van der Waals surface area contributed by atoms with Crippen LogP contribution in [0.15, 0.2) is 77.7 Å². The first-order valence-corrected chi connectivity index (χ1v) is 11.2. The van der Waals surface area contributed by atoms with Crippen molar-refractivity contribution in [3.05, 3.63) is 78.4 Å². The van der Waals surface area contributed by atoms with Crippen molar-refractivity contribution >= 4 is 27.2 Å². The number of ether oxygens (including phenoxy) is 2. The predicted molar refractivity (Wildman–Crippen MR) is 119 cm³/mol. The highest BCUT2D eigenvalue weighted by Gasteiger charge is 2.21. The van der Waals surface area contributed by atoms with Crippen LogP contribution >= 0.6 is 0 Å². The molecule has 7 nitrogen and oxygen atoms in total. The summed E-state index contributed by atoms with van der Waals surface area (Å²) in [4.78, 5) is 12.7. The quantitative estimate of drug-likeness (QED) is 0.568. The minimum atomic E-state index is -3.68. The van der Waals surface area contributed by atoms with Gasteiger partial charge in [0.1, 0.15) is 13.2 Å². The number of Topliss-reactive ketones (excluding diaryl/α,β-unsaturated/α-hetero) is 1. The number of nitrogens with one attached hydrogen (secondary N) is 1. The standard InChI is InChI=1S/C23H22N2O5S/c1-25(19-5-3-2-4-6-19)31(27,28)20-10-8-18(9-11-20)24-16-21(26)17-7-12-22-23(15-17)30-14-13-29-22/h2-12,15,24H,13-14,16H2,1H3. The largest absolute Gasteiger partial charge is 0.486 e. The van der Waals surface area contributed by atoms with Crippen LogP contribution in [-0.4, -0.2) is 41.0 Å². The maximum atomic E-state index is 12.8. The molecule has 3 aromatic rings. The van der Waals surface area contributed by atoms with E-state index in [1.807, 2.05) is 6.07 Å². The molecule has 0 fully saturated rings. The molecule has 0 saturated carbocycles. The van der Waals surface area contributed by atoms with E-state index in [-0.39, 0.29) is 17.2 Å². The molecule has 1 aliphatic rings. The van der Waals surface area contributed by atoms with Gasteiger partial charge >= 0.3 is 0 Å². The molecule has 0 bridgehead atoms. The Morgan fingerprint density at radius 3 is 2.32 bits per heavy atom. The molecule has 1 N–H and O–H groups in total. The Hall–Kier alpha value is -3.52. The lowest BCUT2D eigenvalue weighted by Gasteiger charge is -2.19. The van der Waals surface area contributed by atoms with Crippen LogP contribution < -0.4 is 19.1 Å². The molecule has 160 valence electrons. The summed E-state index contributed by atoms with van der Waals surface area (Å²) in [6.45, 7) is 1.02. The Morgan fingerprint density at radius 2 is 1.61 bits per heavy atom. The third kappa shape index (κ3) is 4.49. The Kier molecular flexibility index (Phi) is 5.81. The Balaban J connectivity index is 1.41. The van der Waals surface area contributed by atoms with Crippen LogP contribution in [0, 0.1) is 0 Å². The molecule has 0 amide bonds. The zero-order valence-electron chi connectivity index (χ0n) is 16.9. The number of anilines is 2. The topological polar surface area (TPSA) is 84.9 Å². The third-order valence-electron chi connectivity index (χ3n) is 4.95. The van der Waals surface area contributed by atoms with Gasteiger partial charge in [0.15, 0.2) is 17.3 Å². The molecule has 1 aliphatic heterocycles. The number of hydrogen-bond donors (Lipinski definition) is 1. The summed E-state index contributed by atoms with van der Waals surface area (Å²) in [6, 6.07) is 20.3. The average Bonchev–Trinajstić information content (AvgIpc) is 2.82. The molecule has 4 rings (SSSR count). The fraction of sp³-hybridized carbons (Fsp3) is 0.174. The van der Waals surface area contributed by atoms with Gasteiger partial charge in [0, 0.05) is 18.3 Å². The summed E-state index contributed by atoms with van der Waals surface area (Å²) < 4.78 is 37.9. The lowest BCUT2D eigenvalue weighted by atomic mass is 10.1. The van der Waals surface area contributed by atoms with Crippen molar-refractivity contribution in [2.45, 2.75) is 4.90 Å². The fourth-order valence-electron chi connectivity index (χ4n) is 3.18. The van der Waals surface area contributed by atoms with Gasteiger partial charge in [-0.3, -0.25) is 9.10 Å². The second kappa shape index (κ2) is 8.69. The smallest absolute Gasteiger partial charge is 0.264 e. The van der Waals surface area contributed by atoms with Crippen LogP contribution in [0.2, 0.25) is 0 Å². The van der Waals surface area contributed by atoms with E-state index in [9.17, 15) is 13.2 Å². The van der Waals surface area contributed by atoms with Crippen molar-refractivity contribution in [1.82, 2.24) is 0 Å². The van der Waals surface area contributed by atoms with Gasteiger partial charge in [0.2, 0.25) is 0 Å². The normalized spacial score (nSPS) is 12.8. The number of sulfonamides is 1. The second-order valence-corrected chi connectivity index (χ2v) is 8.94. The van der Waals surface area contributed by atoms with Gasteiger partial charge < -0.3 is 14.8 Å². The molecular formula is C23H22N2O5S. The maximum absolute atomic E-state index is 12.8. The summed E-state index contributed by atoms with van der Waals surface area (Å²) >= 11 is 0. The van der Waals surface area contributed by atoms with Gasteiger partial charge in [-0.05, 0) is 54.6 Å². The van der Waals surface area contributed by atoms with Gasteiger partial charge in [0.25, 0.3) is 10.0 Å². The van der Waals surface area contributed by atoms with Crippen LogP contribution in [0.3, 0.4) is 0 Å². The van der Waals surface area contributed by atoms with Crippen LogP contribution in [0.4, 0.5) is 11.4 Å². The highest BCUT2D eigenvalue weighted by molar-refractivity contribution is 7.92. The van der Waals surface area contributed by atoms with Crippen LogP contribution in [0.25, 0.3) is 0 Å². The number of para-hydroxylation sites is 1. The summed E-state index contributed by atoms with van der Waals surface area (Å²) in [5.41, 5.74) is 1.74. The van der Waals surface area contributed by atoms with Gasteiger partial charge in [0.05, 0.1) is 17.1 Å². The Morgan fingerprint density at radius 1 is 0.935 bits per heavy atom. The molecule has 0 spiro atoms. The average molecular weight is 439 g/mol. The highest BCUT2D eigenvalue weighted by Crippen LogP contribution is 2.31. The number of carbonyl (C=O) groups is 1. The van der Waals surface area contributed by atoms with E-state index in [1.165, 1.54) is 23.5 Å². The fourth-order valence-corrected chi connectivity index (χ4v) is 4.38. The molecule has 0 saturated heterocycles. The number of nitrogens with zero attached hydrogens (tertiary/aromatic N) is 1. The molecule has 8 heteroatoms. The minimum Gasteiger partial charge on any atom is -0.486 e. The lowest BCUT2D eigenvalue weighted by molar-refractivity contribution is 0.100. The van der Waals surface area contributed by atoms with E-state index >= 15 is 0 Å². The molecular weight excluding hydrogens is 416 g/mol. The first-order valence-electron chi connectivity index (χ1n) is 9.76. The van der Waals surface area contributed by atoms with Gasteiger partial charge in [-0.25, -0.2) is 8.42 Å². The van der Waals surface area contributed by atoms with Crippen molar-refractivity contribution in [2.75, 3.05) is 36.4 Å². The van der Waals surface area contributed by atoms with Crippen LogP contribution in [-0.2, 0) is 10.0 Å². The van der Waals surface area contributed by atoms with E-state index in [2.05, 4.69) is 5.32 Å². The zero-order chi connectivity index (χ0) is 21.8. The Bertz CT molecular complexity index is 1180. The molecule has 0 atom stereocenters. The van der Waals surface area contributed by atoms with Crippen molar-refractivity contribution in [3.8, 4) is 11.5 Å². The van der Waals surface area contributed by atoms with Crippen molar-refractivity contribution < 1.29 is 22.7 Å². The summed E-state index contributed by atoms with van der Waals surface area (Å²) in [6.07, 6.45) is 0. The van der Waals surface area contributed by atoms with Crippen LogP contribution in [0.1, 0.15) is 10.4 Å². The van der Waals surface area contributed by atoms with Gasteiger partial charge in [-0.1, -0.05) is 18.2 Å². The number of ketones is 1. The van der Waals surface area contributed by atoms with E-state index in [0.717, 1.165) is 0 Å². The number of fused-ring (bicyclic) bond motifs is 1. The van der Waals surface area contributed by atoms with Crippen molar-refractivity contribution in [3.63, 3.8) is 0 Å². The molecule has 1 heterocycles. The van der Waals surface area contributed by atoms with Gasteiger partial charge in [-0.2, -0.15) is 0 Å². The summed E-state index contributed by atoms with van der Waals surface area (Å²) in [5, 5.41) is 3.03. The number of carbonyl (C=O) groups excluding carboxylic acids is 1. The Labute approximate surface area is 181 Å². The minimum absolute atomic E-state index is 0.0651. The zero-order valence-corrected chi connectivity index (χ0v) is 17.8. The molecule has 3 aromatic carbocycles. The summed E-state index contributed by atoms with van der Waals surface area (Å²) in [5.74, 6) is 1.08. The maximum Gasteiger partial charge on any atom is 0.264 e. The first-order chi connectivity index (χ1) is 14.9. The van der Waals surface area contributed by atoms with E-state index in [4.69, 9.17) is 9.47 Å². The van der Waals surface area contributed by atoms with Crippen molar-refractivity contribution in [2.24, 2.45) is 0 Å². The van der Waals surface area contributed by atoms with E-state index in [1.54, 1.807) is 54.6 Å². The molecule has 0 aliphatic carbocycles. The molecule has 0 aromatic heterocycles. The molecule has 31 heavy (non-hydrogen) atoms. The highest BCUT2D eigenvalue weighted by atomic mass is 32.2. The number of hydrogen-bond acceptors (Lipinski definition) is 6. The van der Waals surface area contributed by atoms with E-state index in [0.29, 0.717) is 41.7 Å². The van der Waals surface area contributed by atoms with Crippen LogP contribution in [0.5, 0.6) is 11.5 Å². The lowest BCUT2D eigenvalue weighted by Crippen LogP contribution is -2.26. The SMILES string of the molecule is CN(c1ccccc1)S(=O)(=O)c1ccc(NCC(=O)c2ccc3c(c2)OCCO3)cc1. The number of benzene rings is 3. The van der Waals surface area contributed by atoms with Crippen molar-refractivity contribution in [1.29, 1.82) is 0 Å². The molecule has 0 unspecified atom stereocenters. The summed E-state index contributed by atoms with van der Waals surface area (Å²) in [7, 11) is -2.16. The van der Waals surface area contributed by atoms with E-state index < -0.39 is 10.0 Å². The first kappa shape index (κ1) is 20.7.